The molecular weight excluding hydrogens is 551 g/mol. The van der Waals surface area contributed by atoms with Gasteiger partial charge in [-0.1, -0.05) is 12.1 Å². The van der Waals surface area contributed by atoms with Gasteiger partial charge in [0, 0.05) is 24.8 Å². The van der Waals surface area contributed by atoms with Gasteiger partial charge in [0.15, 0.2) is 5.82 Å². The van der Waals surface area contributed by atoms with Crippen molar-refractivity contribution in [3.63, 3.8) is 0 Å². The van der Waals surface area contributed by atoms with E-state index in [0.29, 0.717) is 36.5 Å². The smallest absolute Gasteiger partial charge is 0.410 e. The number of para-hydroxylation sites is 1. The zero-order chi connectivity index (χ0) is 29.9. The molecule has 4 aliphatic heterocycles. The second kappa shape index (κ2) is 10.5. The molecule has 3 aromatic rings. The monoisotopic (exact) mass is 590 g/mol. The fourth-order valence-electron chi connectivity index (χ4n) is 7.54. The number of ether oxygens (including phenoxy) is 2. The Labute approximate surface area is 250 Å². The van der Waals surface area contributed by atoms with E-state index in [4.69, 9.17) is 14.5 Å². The lowest BCUT2D eigenvalue weighted by Gasteiger charge is -2.42. The van der Waals surface area contributed by atoms with Gasteiger partial charge in [-0.2, -0.15) is 9.97 Å². The van der Waals surface area contributed by atoms with Crippen molar-refractivity contribution in [2.24, 2.45) is 0 Å². The number of pyridine rings is 1. The van der Waals surface area contributed by atoms with E-state index < -0.39 is 11.4 Å². The van der Waals surface area contributed by atoms with Crippen molar-refractivity contribution in [2.75, 3.05) is 37.7 Å². The van der Waals surface area contributed by atoms with E-state index in [0.717, 1.165) is 51.6 Å². The molecule has 0 radical (unpaired) electrons. The topological polar surface area (TPSA) is 104 Å². The highest BCUT2D eigenvalue weighted by atomic mass is 19.1. The summed E-state index contributed by atoms with van der Waals surface area (Å²) in [6, 6.07) is 6.59. The van der Waals surface area contributed by atoms with Gasteiger partial charge >= 0.3 is 12.1 Å². The molecule has 2 aromatic heterocycles. The number of aromatic hydroxyl groups is 1. The Morgan fingerprint density at radius 3 is 2.47 bits per heavy atom. The van der Waals surface area contributed by atoms with Crippen LogP contribution in [0.15, 0.2) is 30.5 Å². The SMILES string of the molecule is CC(C)(C)OC(=O)N1C2CCC1CN(c1nc(OCC34CCCN3CCC4)nc3c(F)c(-c4ccccc4O)ncc13)C2. The Bertz CT molecular complexity index is 1540. The van der Waals surface area contributed by atoms with E-state index in [1.165, 1.54) is 6.07 Å². The molecule has 4 aliphatic rings. The molecule has 6 heterocycles. The van der Waals surface area contributed by atoms with Crippen LogP contribution in [-0.2, 0) is 4.74 Å². The largest absolute Gasteiger partial charge is 0.507 e. The van der Waals surface area contributed by atoms with Crippen molar-refractivity contribution in [3.05, 3.63) is 36.3 Å². The Morgan fingerprint density at radius 1 is 1.09 bits per heavy atom. The molecule has 4 saturated heterocycles. The molecular formula is C32H39FN6O4. The van der Waals surface area contributed by atoms with Crippen LogP contribution in [0.2, 0.25) is 0 Å². The summed E-state index contributed by atoms with van der Waals surface area (Å²) in [5, 5.41) is 10.9. The third-order valence-electron chi connectivity index (χ3n) is 9.47. The zero-order valence-electron chi connectivity index (χ0n) is 25.1. The Balaban J connectivity index is 1.26. The summed E-state index contributed by atoms with van der Waals surface area (Å²) in [7, 11) is 0. The Hall–Kier alpha value is -3.73. The van der Waals surface area contributed by atoms with Crippen LogP contribution in [0.3, 0.4) is 0 Å². The van der Waals surface area contributed by atoms with E-state index in [9.17, 15) is 9.90 Å². The fraction of sp³-hybridized carbons (Fsp3) is 0.562. The zero-order valence-corrected chi connectivity index (χ0v) is 25.1. The van der Waals surface area contributed by atoms with E-state index in [2.05, 4.69) is 19.8 Å². The summed E-state index contributed by atoms with van der Waals surface area (Å²) in [5.41, 5.74) is -0.186. The second-order valence-corrected chi connectivity index (χ2v) is 13.4. The molecule has 11 heteroatoms. The third kappa shape index (κ3) is 5.01. The number of benzene rings is 1. The van der Waals surface area contributed by atoms with Crippen LogP contribution in [0.25, 0.3) is 22.2 Å². The molecule has 1 N–H and O–H groups in total. The van der Waals surface area contributed by atoms with E-state index in [-0.39, 0.29) is 46.7 Å². The van der Waals surface area contributed by atoms with Gasteiger partial charge in [-0.3, -0.25) is 14.8 Å². The number of aromatic nitrogens is 3. The van der Waals surface area contributed by atoms with Gasteiger partial charge in [0.1, 0.15) is 35.0 Å². The number of carbonyl (C=O) groups excluding carboxylic acids is 1. The Kier molecular flexibility index (Phi) is 6.83. The van der Waals surface area contributed by atoms with E-state index in [1.807, 2.05) is 25.7 Å². The summed E-state index contributed by atoms with van der Waals surface area (Å²) >= 11 is 0. The van der Waals surface area contributed by atoms with Crippen LogP contribution in [0.1, 0.15) is 59.3 Å². The predicted molar refractivity (Wildman–Crippen MR) is 160 cm³/mol. The molecule has 43 heavy (non-hydrogen) atoms. The van der Waals surface area contributed by atoms with Crippen molar-refractivity contribution in [1.82, 2.24) is 24.8 Å². The standard InChI is InChI=1S/C32H39FN6O4/c1-31(2,3)43-30(41)39-20-10-11-21(39)18-37(17-20)28-23-16-34-26(22-8-4-5-9-24(22)40)25(33)27(23)35-29(36-28)42-19-32-12-6-14-38(32)15-7-13-32/h4-5,8-9,16,20-21,40H,6-7,10-15,17-19H2,1-3H3. The van der Waals surface area contributed by atoms with Gasteiger partial charge in [0.25, 0.3) is 0 Å². The maximum atomic E-state index is 16.3. The van der Waals surface area contributed by atoms with E-state index >= 15 is 4.39 Å². The van der Waals surface area contributed by atoms with Crippen LogP contribution in [0.5, 0.6) is 11.8 Å². The molecule has 2 unspecified atom stereocenters. The molecule has 4 fully saturated rings. The van der Waals surface area contributed by atoms with Crippen molar-refractivity contribution in [3.8, 4) is 23.0 Å². The second-order valence-electron chi connectivity index (χ2n) is 13.4. The van der Waals surface area contributed by atoms with Gasteiger partial charge < -0.3 is 19.5 Å². The fourth-order valence-corrected chi connectivity index (χ4v) is 7.54. The number of anilines is 1. The minimum Gasteiger partial charge on any atom is -0.507 e. The first-order valence-corrected chi connectivity index (χ1v) is 15.4. The average molecular weight is 591 g/mol. The van der Waals surface area contributed by atoms with Gasteiger partial charge in [-0.05, 0) is 84.5 Å². The highest BCUT2D eigenvalue weighted by molar-refractivity contribution is 5.92. The van der Waals surface area contributed by atoms with Gasteiger partial charge in [0.2, 0.25) is 0 Å². The number of hydrogen-bond acceptors (Lipinski definition) is 9. The summed E-state index contributed by atoms with van der Waals surface area (Å²) in [6.07, 6.45) is 7.41. The van der Waals surface area contributed by atoms with Crippen molar-refractivity contribution >= 4 is 22.8 Å². The first kappa shape index (κ1) is 28.1. The first-order chi connectivity index (χ1) is 20.6. The molecule has 228 valence electrons. The third-order valence-corrected chi connectivity index (χ3v) is 9.47. The summed E-state index contributed by atoms with van der Waals surface area (Å²) in [4.78, 5) is 33.5. The highest BCUT2D eigenvalue weighted by Crippen LogP contribution is 2.41. The molecule has 0 aliphatic carbocycles. The lowest BCUT2D eigenvalue weighted by Crippen LogP contribution is -2.57. The quantitative estimate of drug-likeness (QED) is 0.433. The molecule has 0 saturated carbocycles. The number of piperazine rings is 1. The minimum absolute atomic E-state index is 0.0194. The van der Waals surface area contributed by atoms with Crippen molar-refractivity contribution < 1.29 is 23.8 Å². The van der Waals surface area contributed by atoms with Crippen LogP contribution in [-0.4, -0.2) is 92.0 Å². The number of nitrogens with zero attached hydrogens (tertiary/aromatic N) is 6. The van der Waals surface area contributed by atoms with E-state index in [1.54, 1.807) is 24.4 Å². The number of hydrogen-bond donors (Lipinski definition) is 1. The summed E-state index contributed by atoms with van der Waals surface area (Å²) < 4.78 is 28.3. The number of phenolic OH excluding ortho intramolecular Hbond substituents is 1. The lowest BCUT2D eigenvalue weighted by atomic mass is 9.95. The molecule has 10 nitrogen and oxygen atoms in total. The molecule has 2 bridgehead atoms. The van der Waals surface area contributed by atoms with Crippen molar-refractivity contribution in [2.45, 2.75) is 82.5 Å². The number of carbonyl (C=O) groups is 1. The Morgan fingerprint density at radius 2 is 1.79 bits per heavy atom. The minimum atomic E-state index is -0.635. The summed E-state index contributed by atoms with van der Waals surface area (Å²) in [6.45, 7) is 9.28. The predicted octanol–water partition coefficient (Wildman–Crippen LogP) is 5.13. The molecule has 0 spiro atoms. The molecule has 2 atom stereocenters. The lowest BCUT2D eigenvalue weighted by molar-refractivity contribution is 0.0122. The van der Waals surface area contributed by atoms with Gasteiger partial charge in [-0.25, -0.2) is 9.18 Å². The average Bonchev–Trinajstić information content (AvgIpc) is 3.62. The molecule has 7 rings (SSSR count). The normalized spacial score (nSPS) is 23.2. The number of fused-ring (bicyclic) bond motifs is 4. The first-order valence-electron chi connectivity index (χ1n) is 15.4. The van der Waals surface area contributed by atoms with Gasteiger partial charge in [0.05, 0.1) is 23.0 Å². The number of amides is 1. The number of rotatable bonds is 5. The van der Waals surface area contributed by atoms with Crippen LogP contribution >= 0.6 is 0 Å². The van der Waals surface area contributed by atoms with Crippen LogP contribution < -0.4 is 9.64 Å². The number of halogens is 1. The maximum absolute atomic E-state index is 16.3. The summed E-state index contributed by atoms with van der Waals surface area (Å²) in [5.74, 6) is -0.150. The molecule has 1 aromatic carbocycles. The van der Waals surface area contributed by atoms with Gasteiger partial charge in [-0.15, -0.1) is 0 Å². The molecule has 1 amide bonds. The van der Waals surface area contributed by atoms with Crippen LogP contribution in [0, 0.1) is 5.82 Å². The number of phenols is 1. The van der Waals surface area contributed by atoms with Crippen molar-refractivity contribution in [1.29, 1.82) is 0 Å². The maximum Gasteiger partial charge on any atom is 0.410 e. The van der Waals surface area contributed by atoms with Crippen LogP contribution in [0.4, 0.5) is 15.0 Å². The highest BCUT2D eigenvalue weighted by Gasteiger charge is 2.46.